The zero-order valence-corrected chi connectivity index (χ0v) is 9.87. The number of hydrogen-bond acceptors (Lipinski definition) is 5. The van der Waals surface area contributed by atoms with E-state index in [2.05, 4.69) is 10.1 Å². The second-order valence-electron chi connectivity index (χ2n) is 4.73. The molecular weight excluding hydrogens is 194 g/mol. The fraction of sp³-hybridized carbons (Fsp3) is 0.700. The quantitative estimate of drug-likeness (QED) is 0.754. The van der Waals surface area contributed by atoms with Crippen LogP contribution < -0.4 is 4.90 Å². The van der Waals surface area contributed by atoms with E-state index in [4.69, 9.17) is 4.52 Å². The van der Waals surface area contributed by atoms with E-state index >= 15 is 0 Å². The van der Waals surface area contributed by atoms with Crippen molar-refractivity contribution >= 4 is 11.7 Å². The highest BCUT2D eigenvalue weighted by Crippen LogP contribution is 2.17. The minimum absolute atomic E-state index is 0.0939. The van der Waals surface area contributed by atoms with Crippen LogP contribution >= 0.6 is 0 Å². The molecule has 1 aromatic heterocycles. The third-order valence-electron chi connectivity index (χ3n) is 2.01. The second kappa shape index (κ2) is 4.00. The van der Waals surface area contributed by atoms with E-state index in [0.717, 1.165) is 0 Å². The average Bonchev–Trinajstić information content (AvgIpc) is 2.50. The van der Waals surface area contributed by atoms with Gasteiger partial charge in [-0.25, -0.2) is 0 Å². The van der Waals surface area contributed by atoms with Crippen LogP contribution in [0.25, 0.3) is 0 Å². The summed E-state index contributed by atoms with van der Waals surface area (Å²) in [5.74, 6) is 0.960. The molecule has 15 heavy (non-hydrogen) atoms. The average molecular weight is 211 g/mol. The first kappa shape index (κ1) is 11.7. The zero-order valence-electron chi connectivity index (χ0n) is 9.87. The fourth-order valence-corrected chi connectivity index (χ4v) is 0.902. The largest absolute Gasteiger partial charge is 0.344 e. The van der Waals surface area contributed by atoms with Crippen LogP contribution in [0, 0.1) is 5.41 Å². The monoisotopic (exact) mass is 211 g/mol. The summed E-state index contributed by atoms with van der Waals surface area (Å²) in [6, 6.07) is 0. The van der Waals surface area contributed by atoms with Gasteiger partial charge in [0.2, 0.25) is 5.89 Å². The molecule has 0 unspecified atom stereocenters. The molecule has 0 spiro atoms. The molecule has 0 aromatic carbocycles. The van der Waals surface area contributed by atoms with Crippen molar-refractivity contribution in [3.63, 3.8) is 0 Å². The number of carbonyl (C=O) groups is 1. The van der Waals surface area contributed by atoms with Crippen LogP contribution in [0.1, 0.15) is 26.7 Å². The third-order valence-corrected chi connectivity index (χ3v) is 2.01. The lowest BCUT2D eigenvalue weighted by Crippen LogP contribution is -2.22. The van der Waals surface area contributed by atoms with Crippen molar-refractivity contribution in [3.05, 3.63) is 5.89 Å². The summed E-state index contributed by atoms with van der Waals surface area (Å²) in [6.45, 7) is 5.62. The maximum Gasteiger partial charge on any atom is 0.265 e. The van der Waals surface area contributed by atoms with E-state index in [1.165, 1.54) is 0 Å². The Morgan fingerprint density at radius 3 is 2.40 bits per heavy atom. The van der Waals surface area contributed by atoms with E-state index < -0.39 is 0 Å². The molecule has 5 nitrogen and oxygen atoms in total. The lowest BCUT2D eigenvalue weighted by atomic mass is 9.89. The maximum absolute atomic E-state index is 11.7. The molecule has 0 amide bonds. The Kier molecular flexibility index (Phi) is 3.12. The van der Waals surface area contributed by atoms with Gasteiger partial charge in [-0.2, -0.15) is 4.98 Å². The number of rotatable bonds is 3. The SMILES string of the molecule is CN(C)c1noc(CC(=O)C(C)(C)C)n1. The van der Waals surface area contributed by atoms with Crippen LogP contribution in [0.4, 0.5) is 5.95 Å². The van der Waals surface area contributed by atoms with Gasteiger partial charge in [-0.15, -0.1) is 0 Å². The van der Waals surface area contributed by atoms with Crippen molar-refractivity contribution in [2.45, 2.75) is 27.2 Å². The first-order valence-corrected chi connectivity index (χ1v) is 4.84. The first-order chi connectivity index (χ1) is 6.80. The molecule has 1 aromatic rings. The minimum Gasteiger partial charge on any atom is -0.344 e. The lowest BCUT2D eigenvalue weighted by Gasteiger charge is -2.14. The molecule has 0 aliphatic rings. The third kappa shape index (κ3) is 3.04. The van der Waals surface area contributed by atoms with Gasteiger partial charge in [0.15, 0.2) is 0 Å². The Morgan fingerprint density at radius 2 is 2.00 bits per heavy atom. The van der Waals surface area contributed by atoms with E-state index in [1.54, 1.807) is 4.90 Å². The van der Waals surface area contributed by atoms with Gasteiger partial charge in [-0.05, 0) is 5.16 Å². The Morgan fingerprint density at radius 1 is 1.40 bits per heavy atom. The number of hydrogen-bond donors (Lipinski definition) is 0. The molecule has 0 saturated carbocycles. The van der Waals surface area contributed by atoms with Crippen molar-refractivity contribution in [2.75, 3.05) is 19.0 Å². The lowest BCUT2D eigenvalue weighted by molar-refractivity contribution is -0.125. The topological polar surface area (TPSA) is 59.2 Å². The van der Waals surface area contributed by atoms with Gasteiger partial charge in [0, 0.05) is 19.5 Å². The molecule has 0 aliphatic heterocycles. The normalized spacial score (nSPS) is 11.5. The van der Waals surface area contributed by atoms with E-state index in [0.29, 0.717) is 11.8 Å². The Balaban J connectivity index is 2.70. The number of anilines is 1. The van der Waals surface area contributed by atoms with Crippen molar-refractivity contribution in [3.8, 4) is 0 Å². The maximum atomic E-state index is 11.7. The standard InChI is InChI=1S/C10H17N3O2/c1-10(2,3)7(14)6-8-11-9(12-15-8)13(4)5/h6H2,1-5H3. The Hall–Kier alpha value is -1.39. The fourth-order valence-electron chi connectivity index (χ4n) is 0.902. The van der Waals surface area contributed by atoms with Gasteiger partial charge in [0.1, 0.15) is 5.78 Å². The van der Waals surface area contributed by atoms with Gasteiger partial charge in [-0.3, -0.25) is 4.79 Å². The predicted molar refractivity (Wildman–Crippen MR) is 56.8 cm³/mol. The van der Waals surface area contributed by atoms with Crippen LogP contribution in [-0.4, -0.2) is 30.0 Å². The molecule has 0 N–H and O–H groups in total. The number of carbonyl (C=O) groups excluding carboxylic acids is 1. The molecular formula is C10H17N3O2. The molecule has 0 radical (unpaired) electrons. The Labute approximate surface area is 89.5 Å². The summed E-state index contributed by atoms with van der Waals surface area (Å²) < 4.78 is 4.97. The summed E-state index contributed by atoms with van der Waals surface area (Å²) >= 11 is 0. The highest BCUT2D eigenvalue weighted by atomic mass is 16.5. The van der Waals surface area contributed by atoms with Gasteiger partial charge < -0.3 is 9.42 Å². The van der Waals surface area contributed by atoms with Crippen LogP contribution in [0.5, 0.6) is 0 Å². The Bertz CT molecular complexity index is 350. The number of nitrogens with zero attached hydrogens (tertiary/aromatic N) is 3. The molecule has 0 aliphatic carbocycles. The molecule has 0 bridgehead atoms. The van der Waals surface area contributed by atoms with Crippen LogP contribution in [0.2, 0.25) is 0 Å². The molecule has 1 rings (SSSR count). The molecule has 0 atom stereocenters. The van der Waals surface area contributed by atoms with Crippen LogP contribution in [0.15, 0.2) is 4.52 Å². The molecule has 1 heterocycles. The highest BCUT2D eigenvalue weighted by molar-refractivity contribution is 5.84. The smallest absolute Gasteiger partial charge is 0.265 e. The van der Waals surface area contributed by atoms with Gasteiger partial charge in [0.05, 0.1) is 6.42 Å². The van der Waals surface area contributed by atoms with Crippen molar-refractivity contribution < 1.29 is 9.32 Å². The van der Waals surface area contributed by atoms with E-state index in [1.807, 2.05) is 34.9 Å². The van der Waals surface area contributed by atoms with Gasteiger partial charge >= 0.3 is 0 Å². The van der Waals surface area contributed by atoms with Crippen LogP contribution in [0.3, 0.4) is 0 Å². The summed E-state index contributed by atoms with van der Waals surface area (Å²) in [5, 5.41) is 3.74. The van der Waals surface area contributed by atoms with E-state index in [9.17, 15) is 4.79 Å². The first-order valence-electron chi connectivity index (χ1n) is 4.84. The number of ketones is 1. The second-order valence-corrected chi connectivity index (χ2v) is 4.73. The molecule has 0 fully saturated rings. The van der Waals surface area contributed by atoms with Crippen molar-refractivity contribution in [1.82, 2.24) is 10.1 Å². The summed E-state index contributed by atoms with van der Waals surface area (Å²) in [4.78, 5) is 17.5. The molecule has 84 valence electrons. The molecule has 0 saturated heterocycles. The number of aromatic nitrogens is 2. The summed E-state index contributed by atoms with van der Waals surface area (Å²) in [5.41, 5.74) is -0.368. The van der Waals surface area contributed by atoms with Crippen molar-refractivity contribution in [1.29, 1.82) is 0 Å². The van der Waals surface area contributed by atoms with Gasteiger partial charge in [0.25, 0.3) is 5.95 Å². The zero-order chi connectivity index (χ0) is 11.6. The minimum atomic E-state index is -0.368. The highest BCUT2D eigenvalue weighted by Gasteiger charge is 2.23. The van der Waals surface area contributed by atoms with Gasteiger partial charge in [-0.1, -0.05) is 20.8 Å². The van der Waals surface area contributed by atoms with E-state index in [-0.39, 0.29) is 17.6 Å². The predicted octanol–water partition coefficient (Wildman–Crippen LogP) is 1.29. The summed E-state index contributed by atoms with van der Waals surface area (Å²) in [7, 11) is 3.64. The molecule has 5 heteroatoms. The van der Waals surface area contributed by atoms with Crippen molar-refractivity contribution in [2.24, 2.45) is 5.41 Å². The van der Waals surface area contributed by atoms with Crippen LogP contribution in [-0.2, 0) is 11.2 Å². The summed E-state index contributed by atoms with van der Waals surface area (Å²) in [6.07, 6.45) is 0.199. The number of Topliss-reactive ketones (excluding diaryl/α,β-unsaturated/α-hetero) is 1.